The predicted octanol–water partition coefficient (Wildman–Crippen LogP) is 2.58. The maximum atomic E-state index is 12.4. The molecule has 2 heterocycles. The van der Waals surface area contributed by atoms with E-state index in [0.29, 0.717) is 0 Å². The Morgan fingerprint density at radius 1 is 1.19 bits per heavy atom. The van der Waals surface area contributed by atoms with Gasteiger partial charge in [-0.25, -0.2) is 0 Å². The van der Waals surface area contributed by atoms with Crippen molar-refractivity contribution in [2.24, 2.45) is 10.7 Å². The Bertz CT molecular complexity index is 931. The lowest BCUT2D eigenvalue weighted by atomic mass is 9.69. The third kappa shape index (κ3) is 2.70. The van der Waals surface area contributed by atoms with Crippen LogP contribution in [0.25, 0.3) is 10.8 Å². The Morgan fingerprint density at radius 2 is 1.93 bits per heavy atom. The van der Waals surface area contributed by atoms with Crippen LogP contribution in [-0.2, 0) is 15.1 Å². The van der Waals surface area contributed by atoms with Crippen LogP contribution in [0, 0.1) is 0 Å². The first kappa shape index (κ1) is 17.6. The van der Waals surface area contributed by atoms with Crippen molar-refractivity contribution in [3.63, 3.8) is 0 Å². The Balaban J connectivity index is 2.00. The lowest BCUT2D eigenvalue weighted by molar-refractivity contribution is -0.125. The van der Waals surface area contributed by atoms with Gasteiger partial charge in [-0.2, -0.15) is 0 Å². The zero-order valence-electron chi connectivity index (χ0n) is 15.2. The maximum Gasteiger partial charge on any atom is 0.219 e. The van der Waals surface area contributed by atoms with Crippen LogP contribution in [0.4, 0.5) is 0 Å². The topological polar surface area (TPSA) is 75.8 Å². The average Bonchev–Trinajstić information content (AvgIpc) is 3.38. The normalized spacial score (nSPS) is 24.3. The SMILES string of the molecule is NC(=O)CC(c1ccc2ccccc2c1)(N1CCCC1)C1(C=O)C=CC=N1. The van der Waals surface area contributed by atoms with Crippen LogP contribution in [0.3, 0.4) is 0 Å². The van der Waals surface area contributed by atoms with Crippen LogP contribution in [0.2, 0.25) is 0 Å². The van der Waals surface area contributed by atoms with E-state index >= 15 is 0 Å². The van der Waals surface area contributed by atoms with Crippen molar-refractivity contribution >= 4 is 29.2 Å². The van der Waals surface area contributed by atoms with Gasteiger partial charge in [-0.15, -0.1) is 0 Å². The van der Waals surface area contributed by atoms with E-state index in [1.165, 1.54) is 0 Å². The average molecular weight is 361 g/mol. The Hall–Kier alpha value is -2.79. The summed E-state index contributed by atoms with van der Waals surface area (Å²) < 4.78 is 0. The van der Waals surface area contributed by atoms with Gasteiger partial charge in [0, 0.05) is 6.21 Å². The number of aldehydes is 1. The van der Waals surface area contributed by atoms with E-state index in [1.807, 2.05) is 36.4 Å². The number of hydrogen-bond donors (Lipinski definition) is 1. The zero-order chi connectivity index (χ0) is 18.9. The van der Waals surface area contributed by atoms with E-state index < -0.39 is 17.0 Å². The number of nitrogens with two attached hydrogens (primary N) is 1. The van der Waals surface area contributed by atoms with Crippen molar-refractivity contribution in [1.29, 1.82) is 0 Å². The first-order valence-electron chi connectivity index (χ1n) is 9.33. The molecule has 2 atom stereocenters. The van der Waals surface area contributed by atoms with E-state index in [9.17, 15) is 9.59 Å². The highest BCUT2D eigenvalue weighted by molar-refractivity contribution is 5.89. The Kier molecular flexibility index (Phi) is 4.40. The molecule has 0 spiro atoms. The summed E-state index contributed by atoms with van der Waals surface area (Å²) in [5.74, 6) is -0.438. The monoisotopic (exact) mass is 361 g/mol. The van der Waals surface area contributed by atoms with Crippen molar-refractivity contribution in [2.45, 2.75) is 30.3 Å². The minimum atomic E-state index is -1.16. The molecule has 27 heavy (non-hydrogen) atoms. The molecule has 2 aromatic carbocycles. The highest BCUT2D eigenvalue weighted by Crippen LogP contribution is 2.47. The molecule has 5 heteroatoms. The second-order valence-corrected chi connectivity index (χ2v) is 7.34. The summed E-state index contributed by atoms with van der Waals surface area (Å²) in [6, 6.07) is 14.2. The molecule has 2 aliphatic rings. The van der Waals surface area contributed by atoms with E-state index in [4.69, 9.17) is 5.73 Å². The number of fused-ring (bicyclic) bond motifs is 1. The molecule has 2 aliphatic heterocycles. The van der Waals surface area contributed by atoms with Gasteiger partial charge in [-0.05, 0) is 60.5 Å². The lowest BCUT2D eigenvalue weighted by Gasteiger charge is -2.49. The molecular formula is C22H23N3O2. The fraction of sp³-hybridized carbons (Fsp3) is 0.318. The zero-order valence-corrected chi connectivity index (χ0v) is 15.2. The number of carbonyl (C=O) groups is 2. The molecule has 0 radical (unpaired) electrons. The van der Waals surface area contributed by atoms with Crippen LogP contribution in [-0.4, -0.2) is 41.9 Å². The molecule has 1 saturated heterocycles. The molecule has 5 nitrogen and oxygen atoms in total. The number of allylic oxidation sites excluding steroid dienone is 1. The number of primary amides is 1. The molecule has 2 N–H and O–H groups in total. The molecule has 0 saturated carbocycles. The van der Waals surface area contributed by atoms with Crippen LogP contribution in [0.1, 0.15) is 24.8 Å². The third-order valence-corrected chi connectivity index (χ3v) is 5.87. The molecule has 2 aromatic rings. The number of nitrogens with zero attached hydrogens (tertiary/aromatic N) is 2. The van der Waals surface area contributed by atoms with E-state index in [2.05, 4.69) is 16.0 Å². The number of aliphatic imine (C=N–C) groups is 1. The van der Waals surface area contributed by atoms with Crippen LogP contribution >= 0.6 is 0 Å². The van der Waals surface area contributed by atoms with Gasteiger partial charge in [0.15, 0.2) is 11.8 Å². The summed E-state index contributed by atoms with van der Waals surface area (Å²) in [4.78, 5) is 31.4. The summed E-state index contributed by atoms with van der Waals surface area (Å²) in [7, 11) is 0. The second kappa shape index (κ2) is 6.74. The minimum absolute atomic E-state index is 0.0335. The van der Waals surface area contributed by atoms with Gasteiger partial charge < -0.3 is 10.5 Å². The van der Waals surface area contributed by atoms with Crippen molar-refractivity contribution in [2.75, 3.05) is 13.1 Å². The smallest absolute Gasteiger partial charge is 0.219 e. The van der Waals surface area contributed by atoms with Crippen molar-refractivity contribution in [3.05, 3.63) is 60.2 Å². The minimum Gasteiger partial charge on any atom is -0.370 e. The Labute approximate surface area is 158 Å². The fourth-order valence-electron chi connectivity index (χ4n) is 4.63. The number of likely N-dealkylation sites (tertiary alicyclic amines) is 1. The van der Waals surface area contributed by atoms with Gasteiger partial charge in [-0.1, -0.05) is 36.4 Å². The first-order chi connectivity index (χ1) is 13.1. The summed E-state index contributed by atoms with van der Waals surface area (Å²) in [6.45, 7) is 1.61. The molecule has 0 aromatic heterocycles. The molecule has 0 bridgehead atoms. The molecular weight excluding hydrogens is 338 g/mol. The van der Waals surface area contributed by atoms with Gasteiger partial charge in [0.05, 0.1) is 12.0 Å². The van der Waals surface area contributed by atoms with Gasteiger partial charge in [0.25, 0.3) is 0 Å². The Morgan fingerprint density at radius 3 is 2.56 bits per heavy atom. The highest BCUT2D eigenvalue weighted by atomic mass is 16.1. The molecule has 4 rings (SSSR count). The molecule has 2 unspecified atom stereocenters. The number of hydrogen-bond acceptors (Lipinski definition) is 4. The molecule has 138 valence electrons. The van der Waals surface area contributed by atoms with Gasteiger partial charge >= 0.3 is 0 Å². The quantitative estimate of drug-likeness (QED) is 0.804. The van der Waals surface area contributed by atoms with Gasteiger partial charge in [0.1, 0.15) is 0 Å². The first-order valence-corrected chi connectivity index (χ1v) is 9.33. The number of amides is 1. The van der Waals surface area contributed by atoms with Crippen LogP contribution in [0.5, 0.6) is 0 Å². The van der Waals surface area contributed by atoms with E-state index in [1.54, 1.807) is 18.4 Å². The lowest BCUT2D eigenvalue weighted by Crippen LogP contribution is -2.61. The summed E-state index contributed by atoms with van der Waals surface area (Å²) in [6.07, 6.45) is 8.17. The number of carbonyl (C=O) groups excluding carboxylic acids is 2. The summed E-state index contributed by atoms with van der Waals surface area (Å²) in [5, 5.41) is 2.18. The largest absolute Gasteiger partial charge is 0.370 e. The number of benzene rings is 2. The maximum absolute atomic E-state index is 12.4. The van der Waals surface area contributed by atoms with Crippen molar-refractivity contribution in [1.82, 2.24) is 4.90 Å². The van der Waals surface area contributed by atoms with Gasteiger partial charge in [-0.3, -0.25) is 14.7 Å². The molecule has 1 fully saturated rings. The van der Waals surface area contributed by atoms with E-state index in [-0.39, 0.29) is 6.42 Å². The van der Waals surface area contributed by atoms with Gasteiger partial charge in [0.2, 0.25) is 5.91 Å². The third-order valence-electron chi connectivity index (χ3n) is 5.87. The van der Waals surface area contributed by atoms with Crippen molar-refractivity contribution < 1.29 is 9.59 Å². The molecule has 0 aliphatic carbocycles. The summed E-state index contributed by atoms with van der Waals surface area (Å²) >= 11 is 0. The van der Waals surface area contributed by atoms with Crippen LogP contribution in [0.15, 0.2) is 59.6 Å². The van der Waals surface area contributed by atoms with Crippen molar-refractivity contribution in [3.8, 4) is 0 Å². The standard InChI is InChI=1S/C22H23N3O2/c23-20(27)15-22(25-12-3-4-13-25,21(16-26)10-5-11-24-21)19-9-8-17-6-1-2-7-18(17)14-19/h1-2,5-11,14,16H,3-4,12-13,15H2,(H2,23,27). The second-order valence-electron chi connectivity index (χ2n) is 7.34. The van der Waals surface area contributed by atoms with E-state index in [0.717, 1.165) is 48.6 Å². The fourth-order valence-corrected chi connectivity index (χ4v) is 4.63. The highest BCUT2D eigenvalue weighted by Gasteiger charge is 2.57. The summed E-state index contributed by atoms with van der Waals surface area (Å²) in [5.41, 5.74) is 4.54. The predicted molar refractivity (Wildman–Crippen MR) is 107 cm³/mol. The molecule has 1 amide bonds. The number of rotatable bonds is 6. The van der Waals surface area contributed by atoms with Crippen LogP contribution < -0.4 is 5.73 Å².